The SMILES string of the molecule is Cc1cc(C(=O)c2ccc3c(c2)CC(=O)N3)sc1C. The van der Waals surface area contributed by atoms with Gasteiger partial charge < -0.3 is 5.32 Å². The molecule has 96 valence electrons. The van der Waals surface area contributed by atoms with Gasteiger partial charge in [0.15, 0.2) is 0 Å². The second-order valence-electron chi connectivity index (χ2n) is 4.78. The molecule has 0 spiro atoms. The Morgan fingerprint density at radius 1 is 1.26 bits per heavy atom. The van der Waals surface area contributed by atoms with Gasteiger partial charge in [0, 0.05) is 16.1 Å². The van der Waals surface area contributed by atoms with Gasteiger partial charge in [0.2, 0.25) is 11.7 Å². The first-order valence-electron chi connectivity index (χ1n) is 6.09. The number of fused-ring (bicyclic) bond motifs is 1. The molecule has 0 fully saturated rings. The fourth-order valence-corrected chi connectivity index (χ4v) is 3.19. The van der Waals surface area contributed by atoms with Crippen molar-refractivity contribution in [3.8, 4) is 0 Å². The van der Waals surface area contributed by atoms with Gasteiger partial charge in [-0.05, 0) is 49.2 Å². The molecule has 3 rings (SSSR count). The lowest BCUT2D eigenvalue weighted by Gasteiger charge is -2.02. The third-order valence-electron chi connectivity index (χ3n) is 3.38. The summed E-state index contributed by atoms with van der Waals surface area (Å²) < 4.78 is 0. The molecule has 4 heteroatoms. The summed E-state index contributed by atoms with van der Waals surface area (Å²) in [5.74, 6) is 0.0192. The summed E-state index contributed by atoms with van der Waals surface area (Å²) in [6.45, 7) is 4.02. The minimum atomic E-state index is -0.0117. The second-order valence-corrected chi connectivity index (χ2v) is 6.03. The number of rotatable bonds is 2. The van der Waals surface area contributed by atoms with Crippen LogP contribution >= 0.6 is 11.3 Å². The first-order valence-corrected chi connectivity index (χ1v) is 6.91. The minimum Gasteiger partial charge on any atom is -0.326 e. The number of carbonyl (C=O) groups is 2. The van der Waals surface area contributed by atoms with E-state index in [1.165, 1.54) is 16.2 Å². The number of aryl methyl sites for hydroxylation is 2. The van der Waals surface area contributed by atoms with Crippen LogP contribution in [0.25, 0.3) is 0 Å². The molecule has 1 amide bonds. The first-order chi connectivity index (χ1) is 9.04. The van der Waals surface area contributed by atoms with Crippen molar-refractivity contribution in [2.75, 3.05) is 5.32 Å². The summed E-state index contributed by atoms with van der Waals surface area (Å²) >= 11 is 1.52. The predicted molar refractivity (Wildman–Crippen MR) is 76.0 cm³/mol. The van der Waals surface area contributed by atoms with E-state index >= 15 is 0 Å². The van der Waals surface area contributed by atoms with Crippen LogP contribution in [0.3, 0.4) is 0 Å². The van der Waals surface area contributed by atoms with Crippen LogP contribution in [0.4, 0.5) is 5.69 Å². The summed E-state index contributed by atoms with van der Waals surface area (Å²) in [6.07, 6.45) is 0.360. The van der Waals surface area contributed by atoms with Crippen molar-refractivity contribution >= 4 is 28.7 Å². The number of amides is 1. The Kier molecular flexibility index (Phi) is 2.75. The maximum atomic E-state index is 12.4. The molecule has 2 heterocycles. The Balaban J connectivity index is 1.97. The largest absolute Gasteiger partial charge is 0.326 e. The fraction of sp³-hybridized carbons (Fsp3) is 0.200. The summed E-state index contributed by atoms with van der Waals surface area (Å²) in [7, 11) is 0. The maximum absolute atomic E-state index is 12.4. The van der Waals surface area contributed by atoms with E-state index in [0.717, 1.165) is 21.7 Å². The summed E-state index contributed by atoms with van der Waals surface area (Å²) in [4.78, 5) is 25.6. The highest BCUT2D eigenvalue weighted by atomic mass is 32.1. The number of ketones is 1. The van der Waals surface area contributed by atoms with E-state index in [2.05, 4.69) is 5.32 Å². The molecule has 0 bridgehead atoms. The molecular formula is C15H13NO2S. The van der Waals surface area contributed by atoms with E-state index < -0.39 is 0 Å². The van der Waals surface area contributed by atoms with E-state index in [9.17, 15) is 9.59 Å². The number of hydrogen-bond donors (Lipinski definition) is 1. The number of carbonyl (C=O) groups excluding carboxylic acids is 2. The zero-order valence-electron chi connectivity index (χ0n) is 10.7. The molecule has 0 atom stereocenters. The standard InChI is InChI=1S/C15H13NO2S/c1-8-5-13(19-9(8)2)15(18)10-3-4-12-11(6-10)7-14(17)16-12/h3-6H,7H2,1-2H3,(H,16,17). The van der Waals surface area contributed by atoms with Crippen LogP contribution in [-0.2, 0) is 11.2 Å². The lowest BCUT2D eigenvalue weighted by atomic mass is 10.0. The van der Waals surface area contributed by atoms with Gasteiger partial charge in [0.25, 0.3) is 0 Å². The average molecular weight is 271 g/mol. The second kappa shape index (κ2) is 4.31. The van der Waals surface area contributed by atoms with Gasteiger partial charge in [-0.3, -0.25) is 9.59 Å². The average Bonchev–Trinajstić information content (AvgIpc) is 2.90. The molecule has 1 aliphatic rings. The molecule has 0 saturated heterocycles. The molecule has 19 heavy (non-hydrogen) atoms. The summed E-state index contributed by atoms with van der Waals surface area (Å²) in [5, 5.41) is 2.77. The molecule has 0 radical (unpaired) electrons. The van der Waals surface area contributed by atoms with Crippen molar-refractivity contribution in [1.82, 2.24) is 0 Å². The summed E-state index contributed by atoms with van der Waals surface area (Å²) in [5.41, 5.74) is 3.52. The highest BCUT2D eigenvalue weighted by Gasteiger charge is 2.20. The van der Waals surface area contributed by atoms with Gasteiger partial charge in [-0.25, -0.2) is 0 Å². The molecule has 1 N–H and O–H groups in total. The Labute approximate surface area is 115 Å². The number of hydrogen-bond acceptors (Lipinski definition) is 3. The third-order valence-corrected chi connectivity index (χ3v) is 4.53. The summed E-state index contributed by atoms with van der Waals surface area (Å²) in [6, 6.07) is 7.33. The van der Waals surface area contributed by atoms with Crippen LogP contribution < -0.4 is 5.32 Å². The zero-order valence-corrected chi connectivity index (χ0v) is 11.6. The number of nitrogens with one attached hydrogen (secondary N) is 1. The predicted octanol–water partition coefficient (Wildman–Crippen LogP) is 3.09. The van der Waals surface area contributed by atoms with Crippen LogP contribution in [0.1, 0.15) is 31.2 Å². The number of anilines is 1. The molecular weight excluding hydrogens is 258 g/mol. The van der Waals surface area contributed by atoms with Crippen molar-refractivity contribution in [3.05, 3.63) is 50.7 Å². The van der Waals surface area contributed by atoms with Crippen molar-refractivity contribution in [3.63, 3.8) is 0 Å². The van der Waals surface area contributed by atoms with Crippen molar-refractivity contribution in [2.24, 2.45) is 0 Å². The zero-order chi connectivity index (χ0) is 13.6. The van der Waals surface area contributed by atoms with E-state index in [4.69, 9.17) is 0 Å². The normalized spacial score (nSPS) is 13.3. The van der Waals surface area contributed by atoms with Crippen LogP contribution in [0.5, 0.6) is 0 Å². The fourth-order valence-electron chi connectivity index (χ4n) is 2.20. The van der Waals surface area contributed by atoms with Gasteiger partial charge in [-0.15, -0.1) is 11.3 Å². The molecule has 0 unspecified atom stereocenters. The molecule has 0 aliphatic carbocycles. The number of thiophene rings is 1. The molecule has 0 saturated carbocycles. The van der Waals surface area contributed by atoms with E-state index in [1.807, 2.05) is 26.0 Å². The highest BCUT2D eigenvalue weighted by Crippen LogP contribution is 2.27. The van der Waals surface area contributed by atoms with E-state index in [1.54, 1.807) is 12.1 Å². The van der Waals surface area contributed by atoms with Crippen LogP contribution in [-0.4, -0.2) is 11.7 Å². The van der Waals surface area contributed by atoms with Gasteiger partial charge in [-0.2, -0.15) is 0 Å². The Bertz CT molecular complexity index is 681. The minimum absolute atomic E-state index is 0.0117. The van der Waals surface area contributed by atoms with Gasteiger partial charge in [-0.1, -0.05) is 0 Å². The first kappa shape index (κ1) is 12.1. The molecule has 3 nitrogen and oxygen atoms in total. The maximum Gasteiger partial charge on any atom is 0.228 e. The Morgan fingerprint density at radius 2 is 2.05 bits per heavy atom. The van der Waals surface area contributed by atoms with E-state index in [-0.39, 0.29) is 11.7 Å². The monoisotopic (exact) mass is 271 g/mol. The quantitative estimate of drug-likeness (QED) is 0.853. The number of benzene rings is 1. The highest BCUT2D eigenvalue weighted by molar-refractivity contribution is 7.14. The van der Waals surface area contributed by atoms with Crippen LogP contribution in [0.15, 0.2) is 24.3 Å². The lowest BCUT2D eigenvalue weighted by molar-refractivity contribution is -0.115. The third kappa shape index (κ3) is 2.08. The molecule has 1 aromatic heterocycles. The molecule has 2 aromatic rings. The van der Waals surface area contributed by atoms with Crippen LogP contribution in [0, 0.1) is 13.8 Å². The van der Waals surface area contributed by atoms with Gasteiger partial charge in [0.1, 0.15) is 0 Å². The van der Waals surface area contributed by atoms with Crippen molar-refractivity contribution in [2.45, 2.75) is 20.3 Å². The van der Waals surface area contributed by atoms with Crippen molar-refractivity contribution in [1.29, 1.82) is 0 Å². The van der Waals surface area contributed by atoms with E-state index in [0.29, 0.717) is 12.0 Å². The topological polar surface area (TPSA) is 46.2 Å². The smallest absolute Gasteiger partial charge is 0.228 e. The Hall–Kier alpha value is -1.94. The Morgan fingerprint density at radius 3 is 2.74 bits per heavy atom. The lowest BCUT2D eigenvalue weighted by Crippen LogP contribution is -2.03. The van der Waals surface area contributed by atoms with Crippen molar-refractivity contribution < 1.29 is 9.59 Å². The van der Waals surface area contributed by atoms with Gasteiger partial charge in [0.05, 0.1) is 11.3 Å². The van der Waals surface area contributed by atoms with Gasteiger partial charge >= 0.3 is 0 Å². The molecule has 1 aromatic carbocycles. The van der Waals surface area contributed by atoms with Crippen LogP contribution in [0.2, 0.25) is 0 Å². The molecule has 1 aliphatic heterocycles.